The second kappa shape index (κ2) is 16.9. The van der Waals surface area contributed by atoms with Crippen molar-refractivity contribution in [2.24, 2.45) is 5.92 Å². The summed E-state index contributed by atoms with van der Waals surface area (Å²) in [4.78, 5) is 68.6. The molecule has 0 fully saturated rings. The van der Waals surface area contributed by atoms with Crippen LogP contribution in [0.3, 0.4) is 0 Å². The number of benzene rings is 1. The van der Waals surface area contributed by atoms with Crippen LogP contribution in [-0.2, 0) is 27.3 Å². The van der Waals surface area contributed by atoms with Crippen molar-refractivity contribution in [1.29, 1.82) is 0 Å². The molecule has 1 aliphatic heterocycles. The van der Waals surface area contributed by atoms with Crippen molar-refractivity contribution in [3.8, 4) is 11.5 Å². The highest BCUT2D eigenvalue weighted by Crippen LogP contribution is 2.28. The Kier molecular flexibility index (Phi) is 12.2. The third-order valence-electron chi connectivity index (χ3n) is 8.91. The van der Waals surface area contributed by atoms with Crippen LogP contribution in [0.5, 0.6) is 11.5 Å². The minimum Gasteiger partial charge on any atom is -0.493 e. The van der Waals surface area contributed by atoms with Gasteiger partial charge in [0.05, 0.1) is 20.3 Å². The maximum absolute atomic E-state index is 13.7. The molecule has 1 aliphatic rings. The largest absolute Gasteiger partial charge is 0.493 e. The van der Waals surface area contributed by atoms with Gasteiger partial charge in [0, 0.05) is 51.1 Å². The van der Waals surface area contributed by atoms with Gasteiger partial charge in [-0.05, 0) is 49.4 Å². The zero-order valence-corrected chi connectivity index (χ0v) is 29.7. The molecule has 3 atom stereocenters. The first kappa shape index (κ1) is 36.7. The van der Waals surface area contributed by atoms with Gasteiger partial charge in [-0.1, -0.05) is 26.3 Å². The van der Waals surface area contributed by atoms with E-state index in [9.17, 15) is 19.2 Å². The molecular formula is C35H46N10O6. The van der Waals surface area contributed by atoms with Gasteiger partial charge in [0.15, 0.2) is 17.3 Å². The molecule has 51 heavy (non-hydrogen) atoms. The summed E-state index contributed by atoms with van der Waals surface area (Å²) in [5, 5.41) is 13.5. The lowest BCUT2D eigenvalue weighted by Gasteiger charge is -2.26. The smallest absolute Gasteiger partial charge is 0.274 e. The lowest BCUT2D eigenvalue weighted by Crippen LogP contribution is -2.51. The van der Waals surface area contributed by atoms with E-state index < -0.39 is 12.1 Å². The zero-order chi connectivity index (χ0) is 36.5. The van der Waals surface area contributed by atoms with Crippen LogP contribution in [0.1, 0.15) is 80.2 Å². The maximum atomic E-state index is 13.7. The number of hydrogen-bond donors (Lipinski definition) is 3. The molecule has 0 bridgehead atoms. The van der Waals surface area contributed by atoms with E-state index in [1.165, 1.54) is 4.68 Å². The van der Waals surface area contributed by atoms with Crippen LogP contribution in [0.4, 0.5) is 0 Å². The van der Waals surface area contributed by atoms with Crippen molar-refractivity contribution in [3.05, 3.63) is 65.8 Å². The Morgan fingerprint density at radius 2 is 1.82 bits per heavy atom. The minimum absolute atomic E-state index is 0.108. The number of fused-ring (bicyclic) bond motifs is 2. The second-order valence-electron chi connectivity index (χ2n) is 12.6. The Morgan fingerprint density at radius 1 is 1.04 bits per heavy atom. The minimum atomic E-state index is -0.807. The standard InChI is InChI=1S/C35H46N10O6/c1-6-22(2)31-33(48)38-23(3)32-40-28(19-24-11-12-26(50-4)27(18-24)51-5)42-45(32)21-30(47)36-13-8-16-43(15-7-10-29(46)41-31)34(49)25-20-44-17-9-14-37-35(44)39-25/h9,11-12,14,17-18,20,22-23,31H,6-8,10,13,15-16,19,21H2,1-5H3,(H,36,47)(H,38,48)(H,41,46)/t22-,23+,31-/m0/s1. The Bertz CT molecular complexity index is 1820. The molecule has 5 rings (SSSR count). The Morgan fingerprint density at radius 3 is 2.57 bits per heavy atom. The number of rotatable bonds is 7. The number of nitrogens with zero attached hydrogens (tertiary/aromatic N) is 7. The normalized spacial score (nSPS) is 18.8. The van der Waals surface area contributed by atoms with Gasteiger partial charge in [-0.3, -0.25) is 23.6 Å². The van der Waals surface area contributed by atoms with E-state index >= 15 is 0 Å². The number of aromatic nitrogens is 6. The fourth-order valence-corrected chi connectivity index (χ4v) is 5.93. The second-order valence-corrected chi connectivity index (χ2v) is 12.6. The van der Waals surface area contributed by atoms with Crippen molar-refractivity contribution < 1.29 is 28.7 Å². The van der Waals surface area contributed by atoms with E-state index in [1.54, 1.807) is 61.2 Å². The third-order valence-corrected chi connectivity index (χ3v) is 8.91. The predicted molar refractivity (Wildman–Crippen MR) is 186 cm³/mol. The molecule has 0 saturated heterocycles. The summed E-state index contributed by atoms with van der Waals surface area (Å²) in [5.74, 6) is 0.955. The van der Waals surface area contributed by atoms with Crippen molar-refractivity contribution >= 4 is 29.4 Å². The van der Waals surface area contributed by atoms with Crippen LogP contribution < -0.4 is 25.4 Å². The summed E-state index contributed by atoms with van der Waals surface area (Å²) in [6.07, 6.45) is 6.90. The topological polar surface area (TPSA) is 187 Å². The van der Waals surface area contributed by atoms with Crippen molar-refractivity contribution in [3.63, 3.8) is 0 Å². The Hall–Kier alpha value is -5.54. The predicted octanol–water partition coefficient (Wildman–Crippen LogP) is 2.08. The molecule has 0 aliphatic carbocycles. The average molecular weight is 703 g/mol. The quantitative estimate of drug-likeness (QED) is 0.257. The van der Waals surface area contributed by atoms with Gasteiger partial charge in [0.2, 0.25) is 23.5 Å². The number of imidazole rings is 1. The molecule has 3 aromatic heterocycles. The summed E-state index contributed by atoms with van der Waals surface area (Å²) in [5.41, 5.74) is 1.09. The number of amides is 4. The Balaban J connectivity index is 1.39. The molecule has 0 unspecified atom stereocenters. The number of nitrogens with one attached hydrogen (secondary N) is 3. The first-order valence-electron chi connectivity index (χ1n) is 17.2. The first-order chi connectivity index (χ1) is 24.6. The number of carbonyl (C=O) groups excluding carboxylic acids is 4. The number of carbonyl (C=O) groups is 4. The molecule has 0 saturated carbocycles. The highest BCUT2D eigenvalue weighted by Gasteiger charge is 2.29. The zero-order valence-electron chi connectivity index (χ0n) is 29.7. The fourth-order valence-electron chi connectivity index (χ4n) is 5.93. The number of hydrogen-bond acceptors (Lipinski definition) is 10. The molecule has 0 spiro atoms. The van der Waals surface area contributed by atoms with Crippen LogP contribution >= 0.6 is 0 Å². The summed E-state index contributed by atoms with van der Waals surface area (Å²) in [7, 11) is 3.12. The molecule has 4 aromatic rings. The van der Waals surface area contributed by atoms with E-state index in [4.69, 9.17) is 14.5 Å². The van der Waals surface area contributed by atoms with Crippen molar-refractivity contribution in [1.82, 2.24) is 50.0 Å². The molecule has 0 radical (unpaired) electrons. The first-order valence-corrected chi connectivity index (χ1v) is 17.2. The molecule has 1 aromatic carbocycles. The lowest BCUT2D eigenvalue weighted by atomic mass is 9.97. The van der Waals surface area contributed by atoms with E-state index in [0.29, 0.717) is 67.7 Å². The third kappa shape index (κ3) is 9.18. The molecule has 3 N–H and O–H groups in total. The van der Waals surface area contributed by atoms with E-state index in [1.807, 2.05) is 26.0 Å². The molecule has 4 amide bonds. The SMILES string of the molecule is CC[C@H](C)[C@@H]1NC(=O)CCCN(C(=O)c2cn3cccnc3n2)CCCNC(=O)Cn2nc(Cc3ccc(OC)c(OC)c3)nc2[C@@H](C)NC1=O. The molecule has 16 heteroatoms. The van der Waals surface area contributed by atoms with Crippen LogP contribution in [0.15, 0.2) is 42.9 Å². The highest BCUT2D eigenvalue weighted by molar-refractivity contribution is 5.93. The van der Waals surface area contributed by atoms with E-state index in [-0.39, 0.29) is 54.8 Å². The molecule has 4 heterocycles. The number of methoxy groups -OCH3 is 2. The maximum Gasteiger partial charge on any atom is 0.274 e. The average Bonchev–Trinajstić information content (AvgIpc) is 3.74. The van der Waals surface area contributed by atoms with E-state index in [2.05, 4.69) is 31.0 Å². The highest BCUT2D eigenvalue weighted by atomic mass is 16.5. The van der Waals surface area contributed by atoms with Gasteiger partial charge in [0.1, 0.15) is 24.1 Å². The van der Waals surface area contributed by atoms with Gasteiger partial charge >= 0.3 is 0 Å². The number of ether oxygens (including phenoxy) is 2. The van der Waals surface area contributed by atoms with Gasteiger partial charge < -0.3 is 30.3 Å². The van der Waals surface area contributed by atoms with Gasteiger partial charge in [-0.15, -0.1) is 0 Å². The van der Waals surface area contributed by atoms with Gasteiger partial charge in [-0.25, -0.2) is 19.6 Å². The van der Waals surface area contributed by atoms with Gasteiger partial charge in [0.25, 0.3) is 5.91 Å². The van der Waals surface area contributed by atoms with Gasteiger partial charge in [-0.2, -0.15) is 5.10 Å². The molecule has 272 valence electrons. The summed E-state index contributed by atoms with van der Waals surface area (Å²) >= 11 is 0. The Labute approximate surface area is 296 Å². The van der Waals surface area contributed by atoms with Crippen LogP contribution in [0.25, 0.3) is 5.78 Å². The summed E-state index contributed by atoms with van der Waals surface area (Å²) in [6.45, 7) is 6.38. The monoisotopic (exact) mass is 702 g/mol. The van der Waals surface area contributed by atoms with Crippen molar-refractivity contribution in [2.45, 2.75) is 71.5 Å². The summed E-state index contributed by atoms with van der Waals surface area (Å²) < 4.78 is 14.0. The van der Waals surface area contributed by atoms with E-state index in [0.717, 1.165) is 5.56 Å². The van der Waals surface area contributed by atoms with Crippen LogP contribution in [-0.4, -0.2) is 97.6 Å². The molecule has 16 nitrogen and oxygen atoms in total. The fraction of sp³-hybridized carbons (Fsp3) is 0.486. The van der Waals surface area contributed by atoms with Crippen LogP contribution in [0, 0.1) is 5.92 Å². The van der Waals surface area contributed by atoms with Crippen LogP contribution in [0.2, 0.25) is 0 Å². The van der Waals surface area contributed by atoms with Crippen molar-refractivity contribution in [2.75, 3.05) is 33.9 Å². The summed E-state index contributed by atoms with van der Waals surface area (Å²) in [6, 6.07) is 5.82. The lowest BCUT2D eigenvalue weighted by molar-refractivity contribution is -0.130. The molecular weight excluding hydrogens is 656 g/mol.